The van der Waals surface area contributed by atoms with Crippen LogP contribution in [0, 0.1) is 0 Å². The number of rotatable bonds is 7. The molecule has 1 saturated carbocycles. The van der Waals surface area contributed by atoms with E-state index >= 15 is 0 Å². The number of anilines is 1. The fourth-order valence-corrected chi connectivity index (χ4v) is 3.85. The summed E-state index contributed by atoms with van der Waals surface area (Å²) < 4.78 is 23.0. The van der Waals surface area contributed by atoms with Crippen LogP contribution in [0.15, 0.2) is 24.3 Å². The third kappa shape index (κ3) is 6.03. The smallest absolute Gasteiger partial charge is 0.223 e. The molecule has 5 nitrogen and oxygen atoms in total. The Hall–Kier alpha value is -1.27. The molecule has 0 spiro atoms. The quantitative estimate of drug-likeness (QED) is 0.754. The number of carbonyl (C=O) groups is 1. The third-order valence-corrected chi connectivity index (χ3v) is 5.00. The van der Waals surface area contributed by atoms with E-state index in [-0.39, 0.29) is 36.2 Å². The van der Waals surface area contributed by atoms with Crippen molar-refractivity contribution < 1.29 is 13.2 Å². The molecule has 1 unspecified atom stereocenters. The molecule has 0 aliphatic heterocycles. The molecule has 23 heavy (non-hydrogen) atoms. The van der Waals surface area contributed by atoms with Gasteiger partial charge in [0.25, 0.3) is 0 Å². The first-order valence-corrected chi connectivity index (χ1v) is 9.66. The third-order valence-electron chi connectivity index (χ3n) is 3.91. The molecule has 0 saturated heterocycles. The molecule has 1 aliphatic carbocycles. The van der Waals surface area contributed by atoms with Crippen molar-refractivity contribution in [2.75, 3.05) is 17.7 Å². The lowest BCUT2D eigenvalue weighted by atomic mass is 10.1. The van der Waals surface area contributed by atoms with Gasteiger partial charge in [-0.1, -0.05) is 18.2 Å². The van der Waals surface area contributed by atoms with Gasteiger partial charge in [-0.15, -0.1) is 12.4 Å². The maximum absolute atomic E-state index is 12.5. The Morgan fingerprint density at radius 1 is 1.35 bits per heavy atom. The van der Waals surface area contributed by atoms with Gasteiger partial charge in [0.05, 0.1) is 5.75 Å². The van der Waals surface area contributed by atoms with Crippen molar-refractivity contribution >= 4 is 33.8 Å². The van der Waals surface area contributed by atoms with Crippen LogP contribution in [0.3, 0.4) is 0 Å². The summed E-state index contributed by atoms with van der Waals surface area (Å²) in [4.78, 5) is 14.3. The number of sulfone groups is 1. The monoisotopic (exact) mass is 360 g/mol. The van der Waals surface area contributed by atoms with E-state index in [1.54, 1.807) is 4.90 Å². The number of hydrogen-bond donors (Lipinski definition) is 1. The van der Waals surface area contributed by atoms with E-state index in [2.05, 4.69) is 0 Å². The number of nitrogens with zero attached hydrogens (tertiary/aromatic N) is 1. The van der Waals surface area contributed by atoms with Crippen molar-refractivity contribution in [3.8, 4) is 0 Å². The van der Waals surface area contributed by atoms with Gasteiger partial charge in [0, 0.05) is 30.4 Å². The van der Waals surface area contributed by atoms with Crippen molar-refractivity contribution in [3.05, 3.63) is 29.8 Å². The number of aryl methyl sites for hydroxylation is 1. The van der Waals surface area contributed by atoms with Crippen LogP contribution in [0.4, 0.5) is 5.69 Å². The van der Waals surface area contributed by atoms with Gasteiger partial charge in [0.1, 0.15) is 9.84 Å². The van der Waals surface area contributed by atoms with Gasteiger partial charge in [0.15, 0.2) is 0 Å². The van der Waals surface area contributed by atoms with Crippen LogP contribution in [-0.4, -0.2) is 43.3 Å². The predicted octanol–water partition coefficient (Wildman–Crippen LogP) is 2.05. The van der Waals surface area contributed by atoms with Gasteiger partial charge < -0.3 is 10.6 Å². The Kier molecular flexibility index (Phi) is 6.89. The molecule has 0 bridgehead atoms. The Morgan fingerprint density at radius 3 is 2.48 bits per heavy atom. The minimum atomic E-state index is -3.10. The number of halogens is 1. The first-order valence-electron chi connectivity index (χ1n) is 7.60. The lowest BCUT2D eigenvalue weighted by Gasteiger charge is -2.29. The highest BCUT2D eigenvalue weighted by molar-refractivity contribution is 7.90. The Bertz CT molecular complexity index is 644. The SMILES string of the molecule is CC(CS(C)(=O)=O)N(C(=O)CCc1ccccc1N)C1CC1.Cl. The summed E-state index contributed by atoms with van der Waals surface area (Å²) in [5.41, 5.74) is 7.55. The molecule has 1 fully saturated rings. The second-order valence-corrected chi connectivity index (χ2v) is 8.36. The largest absolute Gasteiger partial charge is 0.399 e. The Labute approximate surface area is 144 Å². The van der Waals surface area contributed by atoms with E-state index in [0.29, 0.717) is 18.5 Å². The predicted molar refractivity (Wildman–Crippen MR) is 95.5 cm³/mol. The van der Waals surface area contributed by atoms with Crippen LogP contribution in [-0.2, 0) is 21.1 Å². The highest BCUT2D eigenvalue weighted by Crippen LogP contribution is 2.30. The van der Waals surface area contributed by atoms with Crippen molar-refractivity contribution in [2.45, 2.75) is 44.7 Å². The zero-order chi connectivity index (χ0) is 16.3. The van der Waals surface area contributed by atoms with E-state index < -0.39 is 9.84 Å². The first kappa shape index (κ1) is 19.8. The molecule has 1 aliphatic rings. The average Bonchev–Trinajstić information content (AvgIpc) is 3.20. The summed E-state index contributed by atoms with van der Waals surface area (Å²) in [5, 5.41) is 0. The molecule has 0 radical (unpaired) electrons. The average molecular weight is 361 g/mol. The topological polar surface area (TPSA) is 80.5 Å². The highest BCUT2D eigenvalue weighted by atomic mass is 35.5. The zero-order valence-corrected chi connectivity index (χ0v) is 15.2. The molecule has 2 rings (SSSR count). The van der Waals surface area contributed by atoms with E-state index in [4.69, 9.17) is 5.73 Å². The molecule has 1 aromatic rings. The summed E-state index contributed by atoms with van der Waals surface area (Å²) in [6, 6.07) is 7.45. The number of amides is 1. The van der Waals surface area contributed by atoms with Crippen molar-refractivity contribution in [3.63, 3.8) is 0 Å². The van der Waals surface area contributed by atoms with Gasteiger partial charge >= 0.3 is 0 Å². The molecular formula is C16H25ClN2O3S. The van der Waals surface area contributed by atoms with E-state index in [9.17, 15) is 13.2 Å². The van der Waals surface area contributed by atoms with Gasteiger partial charge in [0.2, 0.25) is 5.91 Å². The summed E-state index contributed by atoms with van der Waals surface area (Å²) >= 11 is 0. The molecule has 1 atom stereocenters. The summed E-state index contributed by atoms with van der Waals surface area (Å²) in [7, 11) is -3.10. The second-order valence-electron chi connectivity index (χ2n) is 6.17. The van der Waals surface area contributed by atoms with Crippen LogP contribution >= 0.6 is 12.4 Å². The maximum Gasteiger partial charge on any atom is 0.223 e. The number of para-hydroxylation sites is 1. The normalized spacial score (nSPS) is 15.6. The van der Waals surface area contributed by atoms with Gasteiger partial charge in [-0.3, -0.25) is 4.79 Å². The van der Waals surface area contributed by atoms with E-state index in [1.165, 1.54) is 6.26 Å². The van der Waals surface area contributed by atoms with Crippen molar-refractivity contribution in [1.29, 1.82) is 0 Å². The van der Waals surface area contributed by atoms with Crippen LogP contribution in [0.1, 0.15) is 31.7 Å². The minimum absolute atomic E-state index is 0. The van der Waals surface area contributed by atoms with Crippen LogP contribution in [0.2, 0.25) is 0 Å². The first-order chi connectivity index (χ1) is 10.3. The molecule has 130 valence electrons. The van der Waals surface area contributed by atoms with E-state index in [0.717, 1.165) is 18.4 Å². The minimum Gasteiger partial charge on any atom is -0.399 e. The standard InChI is InChI=1S/C16H24N2O3S.ClH/c1-12(11-22(2,20)21)18(14-8-9-14)16(19)10-7-13-5-3-4-6-15(13)17;/h3-6,12,14H,7-11,17H2,1-2H3;1H. The lowest BCUT2D eigenvalue weighted by Crippen LogP contribution is -2.43. The molecule has 7 heteroatoms. The summed E-state index contributed by atoms with van der Waals surface area (Å²) in [6.07, 6.45) is 4.09. The molecule has 2 N–H and O–H groups in total. The Balaban J connectivity index is 0.00000264. The van der Waals surface area contributed by atoms with Crippen LogP contribution in [0.5, 0.6) is 0 Å². The molecular weight excluding hydrogens is 336 g/mol. The zero-order valence-electron chi connectivity index (χ0n) is 13.6. The van der Waals surface area contributed by atoms with Crippen LogP contribution in [0.25, 0.3) is 0 Å². The number of benzene rings is 1. The number of nitrogen functional groups attached to an aromatic ring is 1. The summed E-state index contributed by atoms with van der Waals surface area (Å²) in [5.74, 6) is 0.0322. The van der Waals surface area contributed by atoms with Crippen molar-refractivity contribution in [2.24, 2.45) is 0 Å². The molecule has 0 aromatic heterocycles. The molecule has 0 heterocycles. The fraction of sp³-hybridized carbons (Fsp3) is 0.562. The Morgan fingerprint density at radius 2 is 1.96 bits per heavy atom. The summed E-state index contributed by atoms with van der Waals surface area (Å²) in [6.45, 7) is 1.81. The van der Waals surface area contributed by atoms with Crippen LogP contribution < -0.4 is 5.73 Å². The van der Waals surface area contributed by atoms with Crippen molar-refractivity contribution in [1.82, 2.24) is 4.90 Å². The molecule has 1 aromatic carbocycles. The highest BCUT2D eigenvalue weighted by Gasteiger charge is 2.36. The van der Waals surface area contributed by atoms with Gasteiger partial charge in [-0.2, -0.15) is 0 Å². The lowest BCUT2D eigenvalue weighted by molar-refractivity contribution is -0.133. The molecule has 1 amide bonds. The fourth-order valence-electron chi connectivity index (χ4n) is 2.81. The maximum atomic E-state index is 12.5. The van der Waals surface area contributed by atoms with Gasteiger partial charge in [-0.25, -0.2) is 8.42 Å². The van der Waals surface area contributed by atoms with Gasteiger partial charge in [-0.05, 0) is 37.8 Å². The number of nitrogens with two attached hydrogens (primary N) is 1. The second kappa shape index (κ2) is 8.02. The van der Waals surface area contributed by atoms with E-state index in [1.807, 2.05) is 31.2 Å². The number of carbonyl (C=O) groups excluding carboxylic acids is 1. The number of hydrogen-bond acceptors (Lipinski definition) is 4.